The fourth-order valence-electron chi connectivity index (χ4n) is 1.95. The standard InChI is InChI=1S/C17H21N3O2.2ClH/c1-18-8-4-10-20-17(21)15-6-2-7-16(11-15)22-13-14-5-3-9-19-12-14;;/h2-3,5-7,9,11-12,18H,4,8,10,13H2,1H3,(H,20,21);2*1H. The molecule has 5 nitrogen and oxygen atoms in total. The third-order valence-corrected chi connectivity index (χ3v) is 3.11. The molecule has 0 aliphatic rings. The number of nitrogens with zero attached hydrogens (tertiary/aromatic N) is 1. The van der Waals surface area contributed by atoms with E-state index in [1.807, 2.05) is 31.3 Å². The third kappa shape index (κ3) is 7.64. The molecule has 7 heteroatoms. The van der Waals surface area contributed by atoms with E-state index in [1.165, 1.54) is 0 Å². The first-order valence-electron chi connectivity index (χ1n) is 7.34. The van der Waals surface area contributed by atoms with Gasteiger partial charge in [0.25, 0.3) is 5.91 Å². The highest BCUT2D eigenvalue weighted by Crippen LogP contribution is 2.15. The number of carbonyl (C=O) groups is 1. The summed E-state index contributed by atoms with van der Waals surface area (Å²) in [5.74, 6) is 0.592. The van der Waals surface area contributed by atoms with E-state index < -0.39 is 0 Å². The molecule has 0 bridgehead atoms. The Morgan fingerprint density at radius 2 is 2.00 bits per heavy atom. The lowest BCUT2D eigenvalue weighted by molar-refractivity contribution is 0.0953. The topological polar surface area (TPSA) is 63.2 Å². The van der Waals surface area contributed by atoms with Crippen molar-refractivity contribution in [1.82, 2.24) is 15.6 Å². The van der Waals surface area contributed by atoms with Gasteiger partial charge in [0, 0.05) is 30.1 Å². The summed E-state index contributed by atoms with van der Waals surface area (Å²) >= 11 is 0. The predicted octanol–water partition coefficient (Wildman–Crippen LogP) is 2.84. The molecule has 0 spiro atoms. The van der Waals surface area contributed by atoms with Crippen LogP contribution in [0.4, 0.5) is 0 Å². The van der Waals surface area contributed by atoms with Crippen molar-refractivity contribution in [2.24, 2.45) is 0 Å². The van der Waals surface area contributed by atoms with Crippen molar-refractivity contribution < 1.29 is 9.53 Å². The molecule has 0 atom stereocenters. The second-order valence-electron chi connectivity index (χ2n) is 4.89. The number of benzene rings is 1. The quantitative estimate of drug-likeness (QED) is 0.700. The summed E-state index contributed by atoms with van der Waals surface area (Å²) in [6.07, 6.45) is 4.39. The van der Waals surface area contributed by atoms with Crippen molar-refractivity contribution in [3.63, 3.8) is 0 Å². The van der Waals surface area contributed by atoms with Gasteiger partial charge in [-0.2, -0.15) is 0 Å². The molecule has 2 N–H and O–H groups in total. The molecule has 0 saturated heterocycles. The number of carbonyl (C=O) groups excluding carboxylic acids is 1. The molecule has 0 aliphatic heterocycles. The van der Waals surface area contributed by atoms with Gasteiger partial charge in [-0.1, -0.05) is 12.1 Å². The first-order chi connectivity index (χ1) is 10.8. The van der Waals surface area contributed by atoms with Gasteiger partial charge in [-0.05, 0) is 44.3 Å². The summed E-state index contributed by atoms with van der Waals surface area (Å²) in [4.78, 5) is 16.1. The molecule has 1 amide bonds. The second-order valence-corrected chi connectivity index (χ2v) is 4.89. The molecule has 0 unspecified atom stereocenters. The highest BCUT2D eigenvalue weighted by molar-refractivity contribution is 5.94. The number of amides is 1. The number of rotatable bonds is 8. The molecule has 2 aromatic rings. The van der Waals surface area contributed by atoms with Crippen LogP contribution in [0.5, 0.6) is 5.75 Å². The van der Waals surface area contributed by atoms with Gasteiger partial charge in [0.2, 0.25) is 0 Å². The Labute approximate surface area is 155 Å². The number of pyridine rings is 1. The summed E-state index contributed by atoms with van der Waals surface area (Å²) in [6.45, 7) is 1.97. The van der Waals surface area contributed by atoms with Gasteiger partial charge < -0.3 is 15.4 Å². The Hall–Kier alpha value is -1.82. The van der Waals surface area contributed by atoms with Gasteiger partial charge in [-0.15, -0.1) is 24.8 Å². The van der Waals surface area contributed by atoms with E-state index in [9.17, 15) is 4.79 Å². The molecular weight excluding hydrogens is 349 g/mol. The molecule has 132 valence electrons. The molecule has 24 heavy (non-hydrogen) atoms. The number of nitrogens with one attached hydrogen (secondary N) is 2. The van der Waals surface area contributed by atoms with Crippen molar-refractivity contribution in [2.45, 2.75) is 13.0 Å². The summed E-state index contributed by atoms with van der Waals surface area (Å²) in [7, 11) is 1.89. The van der Waals surface area contributed by atoms with Gasteiger partial charge in [0.15, 0.2) is 0 Å². The average molecular weight is 372 g/mol. The van der Waals surface area contributed by atoms with Gasteiger partial charge >= 0.3 is 0 Å². The first-order valence-corrected chi connectivity index (χ1v) is 7.34. The van der Waals surface area contributed by atoms with Crippen LogP contribution in [0.3, 0.4) is 0 Å². The lowest BCUT2D eigenvalue weighted by Crippen LogP contribution is -2.26. The van der Waals surface area contributed by atoms with Crippen LogP contribution in [0, 0.1) is 0 Å². The van der Waals surface area contributed by atoms with E-state index in [2.05, 4.69) is 15.6 Å². The Kier molecular flexibility index (Phi) is 11.6. The van der Waals surface area contributed by atoms with Crippen molar-refractivity contribution in [2.75, 3.05) is 20.1 Å². The summed E-state index contributed by atoms with van der Waals surface area (Å²) in [6, 6.07) is 11.0. The zero-order valence-electron chi connectivity index (χ0n) is 13.5. The molecular formula is C17H23Cl2N3O2. The number of hydrogen-bond acceptors (Lipinski definition) is 4. The first kappa shape index (κ1) is 22.2. The van der Waals surface area contributed by atoms with E-state index in [4.69, 9.17) is 4.74 Å². The Bertz CT molecular complexity index is 597. The summed E-state index contributed by atoms with van der Waals surface area (Å²) in [5.41, 5.74) is 1.59. The number of hydrogen-bond donors (Lipinski definition) is 2. The highest BCUT2D eigenvalue weighted by atomic mass is 35.5. The van der Waals surface area contributed by atoms with Crippen LogP contribution in [0.1, 0.15) is 22.3 Å². The molecule has 2 rings (SSSR count). The Balaban J connectivity index is 0.00000264. The van der Waals surface area contributed by atoms with E-state index in [0.717, 1.165) is 18.5 Å². The fraction of sp³-hybridized carbons (Fsp3) is 0.294. The van der Waals surface area contributed by atoms with E-state index in [-0.39, 0.29) is 30.7 Å². The average Bonchev–Trinajstić information content (AvgIpc) is 2.58. The predicted molar refractivity (Wildman–Crippen MR) is 100 cm³/mol. The minimum absolute atomic E-state index is 0. The van der Waals surface area contributed by atoms with Crippen molar-refractivity contribution >= 4 is 30.7 Å². The zero-order valence-corrected chi connectivity index (χ0v) is 15.2. The van der Waals surface area contributed by atoms with Crippen molar-refractivity contribution in [3.8, 4) is 5.75 Å². The lowest BCUT2D eigenvalue weighted by atomic mass is 10.2. The minimum atomic E-state index is -0.0806. The van der Waals surface area contributed by atoms with Gasteiger partial charge in [0.05, 0.1) is 0 Å². The fourth-order valence-corrected chi connectivity index (χ4v) is 1.95. The maximum atomic E-state index is 12.0. The van der Waals surface area contributed by atoms with E-state index >= 15 is 0 Å². The van der Waals surface area contributed by atoms with Crippen LogP contribution in [0.25, 0.3) is 0 Å². The minimum Gasteiger partial charge on any atom is -0.489 e. The number of ether oxygens (including phenoxy) is 1. The molecule has 0 saturated carbocycles. The Morgan fingerprint density at radius 3 is 2.71 bits per heavy atom. The highest BCUT2D eigenvalue weighted by Gasteiger charge is 2.06. The van der Waals surface area contributed by atoms with Crippen molar-refractivity contribution in [1.29, 1.82) is 0 Å². The van der Waals surface area contributed by atoms with Gasteiger partial charge in [-0.3, -0.25) is 9.78 Å². The van der Waals surface area contributed by atoms with Crippen LogP contribution >= 0.6 is 24.8 Å². The normalized spacial score (nSPS) is 9.38. The Morgan fingerprint density at radius 1 is 1.17 bits per heavy atom. The SMILES string of the molecule is CNCCCNC(=O)c1cccc(OCc2cccnc2)c1.Cl.Cl. The van der Waals surface area contributed by atoms with Crippen LogP contribution in [-0.4, -0.2) is 31.0 Å². The largest absolute Gasteiger partial charge is 0.489 e. The summed E-state index contributed by atoms with van der Waals surface area (Å²) in [5, 5.41) is 5.94. The van der Waals surface area contributed by atoms with Crippen molar-refractivity contribution in [3.05, 3.63) is 59.9 Å². The van der Waals surface area contributed by atoms with Crippen LogP contribution in [0.2, 0.25) is 0 Å². The molecule has 1 aromatic carbocycles. The second kappa shape index (κ2) is 12.6. The lowest BCUT2D eigenvalue weighted by Gasteiger charge is -2.09. The van der Waals surface area contributed by atoms with Crippen LogP contribution in [-0.2, 0) is 6.61 Å². The molecule has 1 aromatic heterocycles. The number of halogens is 2. The molecule has 0 aliphatic carbocycles. The molecule has 0 fully saturated rings. The van der Waals surface area contributed by atoms with E-state index in [0.29, 0.717) is 24.5 Å². The van der Waals surface area contributed by atoms with E-state index in [1.54, 1.807) is 24.5 Å². The molecule has 0 radical (unpaired) electrons. The van der Waals surface area contributed by atoms with Gasteiger partial charge in [-0.25, -0.2) is 0 Å². The zero-order chi connectivity index (χ0) is 15.6. The maximum Gasteiger partial charge on any atom is 0.251 e. The maximum absolute atomic E-state index is 12.0. The van der Waals surface area contributed by atoms with Crippen LogP contribution in [0.15, 0.2) is 48.8 Å². The summed E-state index contributed by atoms with van der Waals surface area (Å²) < 4.78 is 5.70. The smallest absolute Gasteiger partial charge is 0.251 e. The monoisotopic (exact) mass is 371 g/mol. The molecule has 1 heterocycles. The third-order valence-electron chi connectivity index (χ3n) is 3.11. The number of aromatic nitrogens is 1. The van der Waals surface area contributed by atoms with Gasteiger partial charge in [0.1, 0.15) is 12.4 Å². The van der Waals surface area contributed by atoms with Crippen LogP contribution < -0.4 is 15.4 Å².